The van der Waals surface area contributed by atoms with Crippen molar-refractivity contribution in [2.45, 2.75) is 25.7 Å². The largest absolute Gasteiger partial charge is 0.390 e. The lowest BCUT2D eigenvalue weighted by Gasteiger charge is -2.20. The fourth-order valence-electron chi connectivity index (χ4n) is 3.17. The molecule has 1 heterocycles. The van der Waals surface area contributed by atoms with Gasteiger partial charge >= 0.3 is 0 Å². The van der Waals surface area contributed by atoms with Gasteiger partial charge in [0.2, 0.25) is 0 Å². The van der Waals surface area contributed by atoms with Crippen LogP contribution in [0.25, 0.3) is 0 Å². The van der Waals surface area contributed by atoms with Crippen LogP contribution in [-0.4, -0.2) is 35.8 Å². The highest BCUT2D eigenvalue weighted by molar-refractivity contribution is 5.15. The third-order valence-electron chi connectivity index (χ3n) is 4.50. The van der Waals surface area contributed by atoms with E-state index in [0.717, 1.165) is 31.6 Å². The van der Waals surface area contributed by atoms with Gasteiger partial charge in [-0.1, -0.05) is 60.7 Å². The molecule has 2 aromatic rings. The number of aliphatic hydroxyl groups excluding tert-OH is 1. The molecule has 3 nitrogen and oxygen atoms in total. The number of aliphatic hydroxyl groups is 1. The molecule has 2 atom stereocenters. The molecular weight excluding hydrogens is 286 g/mol. The van der Waals surface area contributed by atoms with Crippen molar-refractivity contribution in [2.24, 2.45) is 5.92 Å². The van der Waals surface area contributed by atoms with Crippen LogP contribution in [0.3, 0.4) is 0 Å². The molecule has 0 saturated carbocycles. The lowest BCUT2D eigenvalue weighted by atomic mass is 10.0. The summed E-state index contributed by atoms with van der Waals surface area (Å²) in [5.74, 6) is 0.314. The summed E-state index contributed by atoms with van der Waals surface area (Å²) in [6.07, 6.45) is 0.669. The van der Waals surface area contributed by atoms with E-state index in [4.69, 9.17) is 4.74 Å². The van der Waals surface area contributed by atoms with Crippen molar-refractivity contribution >= 4 is 0 Å². The summed E-state index contributed by atoms with van der Waals surface area (Å²) < 4.78 is 5.68. The number of ether oxygens (including phenoxy) is 1. The number of hydrogen-bond donors (Lipinski definition) is 1. The highest BCUT2D eigenvalue weighted by atomic mass is 16.5. The van der Waals surface area contributed by atoms with Crippen LogP contribution in [0.2, 0.25) is 0 Å². The molecule has 0 aromatic heterocycles. The van der Waals surface area contributed by atoms with Crippen LogP contribution in [0.4, 0.5) is 0 Å². The normalized spacial score (nSPS) is 19.8. The molecule has 0 radical (unpaired) electrons. The molecule has 0 spiro atoms. The van der Waals surface area contributed by atoms with E-state index in [-0.39, 0.29) is 6.10 Å². The molecule has 1 saturated heterocycles. The van der Waals surface area contributed by atoms with E-state index in [9.17, 15) is 5.11 Å². The predicted molar refractivity (Wildman–Crippen MR) is 91.9 cm³/mol. The van der Waals surface area contributed by atoms with Crippen molar-refractivity contribution in [1.82, 2.24) is 4.90 Å². The SMILES string of the molecule is OC(COCc1ccccc1)C1CCN(Cc2ccccc2)C1. The first-order chi connectivity index (χ1) is 11.3. The second-order valence-electron chi connectivity index (χ2n) is 6.34. The zero-order chi connectivity index (χ0) is 15.9. The first-order valence-electron chi connectivity index (χ1n) is 8.37. The Labute approximate surface area is 138 Å². The van der Waals surface area contributed by atoms with Gasteiger partial charge in [0, 0.05) is 19.0 Å². The summed E-state index contributed by atoms with van der Waals surface area (Å²) in [6, 6.07) is 20.6. The van der Waals surface area contributed by atoms with Crippen molar-refractivity contribution in [3.8, 4) is 0 Å². The highest BCUT2D eigenvalue weighted by Crippen LogP contribution is 2.22. The average Bonchev–Trinajstić information content (AvgIpc) is 3.05. The van der Waals surface area contributed by atoms with Crippen LogP contribution < -0.4 is 0 Å². The fourth-order valence-corrected chi connectivity index (χ4v) is 3.17. The van der Waals surface area contributed by atoms with Crippen LogP contribution in [0.15, 0.2) is 60.7 Å². The van der Waals surface area contributed by atoms with E-state index >= 15 is 0 Å². The molecule has 1 N–H and O–H groups in total. The van der Waals surface area contributed by atoms with E-state index in [1.54, 1.807) is 0 Å². The van der Waals surface area contributed by atoms with Crippen molar-refractivity contribution in [3.63, 3.8) is 0 Å². The summed E-state index contributed by atoms with van der Waals surface area (Å²) in [5, 5.41) is 10.4. The number of likely N-dealkylation sites (tertiary alicyclic amines) is 1. The van der Waals surface area contributed by atoms with Gasteiger partial charge in [-0.05, 0) is 24.1 Å². The van der Waals surface area contributed by atoms with E-state index in [2.05, 4.69) is 29.2 Å². The highest BCUT2D eigenvalue weighted by Gasteiger charge is 2.28. The number of benzene rings is 2. The molecule has 0 amide bonds. The second kappa shape index (κ2) is 8.25. The first-order valence-corrected chi connectivity index (χ1v) is 8.37. The van der Waals surface area contributed by atoms with Crippen LogP contribution in [0, 0.1) is 5.92 Å². The first kappa shape index (κ1) is 16.2. The van der Waals surface area contributed by atoms with E-state index in [1.807, 2.05) is 36.4 Å². The lowest BCUT2D eigenvalue weighted by molar-refractivity contribution is 0.0000854. The minimum Gasteiger partial charge on any atom is -0.390 e. The molecule has 2 unspecified atom stereocenters. The Morgan fingerprint density at radius 3 is 2.35 bits per heavy atom. The second-order valence-corrected chi connectivity index (χ2v) is 6.34. The van der Waals surface area contributed by atoms with Gasteiger partial charge in [0.05, 0.1) is 19.3 Å². The Morgan fingerprint density at radius 2 is 1.65 bits per heavy atom. The third kappa shape index (κ3) is 4.90. The summed E-state index contributed by atoms with van der Waals surface area (Å²) in [4.78, 5) is 2.42. The minimum atomic E-state index is -0.375. The maximum atomic E-state index is 10.4. The molecule has 23 heavy (non-hydrogen) atoms. The van der Waals surface area contributed by atoms with Gasteiger partial charge in [-0.2, -0.15) is 0 Å². The molecule has 1 aliphatic rings. The van der Waals surface area contributed by atoms with Crippen molar-refractivity contribution in [3.05, 3.63) is 71.8 Å². The number of rotatable bonds is 7. The number of nitrogens with zero attached hydrogens (tertiary/aromatic N) is 1. The maximum absolute atomic E-state index is 10.4. The summed E-state index contributed by atoms with van der Waals surface area (Å²) >= 11 is 0. The van der Waals surface area contributed by atoms with Crippen LogP contribution in [0.1, 0.15) is 17.5 Å². The zero-order valence-corrected chi connectivity index (χ0v) is 13.5. The van der Waals surface area contributed by atoms with E-state index < -0.39 is 0 Å². The number of hydrogen-bond acceptors (Lipinski definition) is 3. The van der Waals surface area contributed by atoms with Crippen LogP contribution >= 0.6 is 0 Å². The zero-order valence-electron chi connectivity index (χ0n) is 13.5. The van der Waals surface area contributed by atoms with Crippen LogP contribution in [0.5, 0.6) is 0 Å². The third-order valence-corrected chi connectivity index (χ3v) is 4.50. The summed E-state index contributed by atoms with van der Waals surface area (Å²) in [7, 11) is 0. The Bertz CT molecular complexity index is 573. The molecule has 3 rings (SSSR count). The Morgan fingerprint density at radius 1 is 1.00 bits per heavy atom. The van der Waals surface area contributed by atoms with Gasteiger partial charge in [0.25, 0.3) is 0 Å². The average molecular weight is 311 g/mol. The van der Waals surface area contributed by atoms with Crippen molar-refractivity contribution in [1.29, 1.82) is 0 Å². The molecule has 3 heteroatoms. The van der Waals surface area contributed by atoms with E-state index in [1.165, 1.54) is 5.56 Å². The molecule has 2 aromatic carbocycles. The predicted octanol–water partition coefficient (Wildman–Crippen LogP) is 3.09. The van der Waals surface area contributed by atoms with Gasteiger partial charge in [0.15, 0.2) is 0 Å². The molecular formula is C20H25NO2. The van der Waals surface area contributed by atoms with Gasteiger partial charge in [-0.25, -0.2) is 0 Å². The standard InChI is InChI=1S/C20H25NO2/c22-20(16-23-15-18-9-5-2-6-10-18)19-11-12-21(14-19)13-17-7-3-1-4-8-17/h1-10,19-20,22H,11-16H2. The minimum absolute atomic E-state index is 0.314. The lowest BCUT2D eigenvalue weighted by Crippen LogP contribution is -2.29. The molecule has 1 fully saturated rings. The smallest absolute Gasteiger partial charge is 0.0814 e. The Kier molecular flexibility index (Phi) is 5.81. The molecule has 0 aliphatic carbocycles. The Hall–Kier alpha value is -1.68. The maximum Gasteiger partial charge on any atom is 0.0814 e. The monoisotopic (exact) mass is 311 g/mol. The Balaban J connectivity index is 1.40. The van der Waals surface area contributed by atoms with Gasteiger partial charge < -0.3 is 9.84 Å². The van der Waals surface area contributed by atoms with Gasteiger partial charge in [-0.3, -0.25) is 4.90 Å². The van der Waals surface area contributed by atoms with Gasteiger partial charge in [0.1, 0.15) is 0 Å². The fraction of sp³-hybridized carbons (Fsp3) is 0.400. The molecule has 0 bridgehead atoms. The van der Waals surface area contributed by atoms with Crippen molar-refractivity contribution in [2.75, 3.05) is 19.7 Å². The molecule has 1 aliphatic heterocycles. The van der Waals surface area contributed by atoms with E-state index in [0.29, 0.717) is 19.1 Å². The molecule has 122 valence electrons. The summed E-state index contributed by atoms with van der Waals surface area (Å²) in [6.45, 7) is 3.95. The van der Waals surface area contributed by atoms with Crippen LogP contribution in [-0.2, 0) is 17.9 Å². The van der Waals surface area contributed by atoms with Gasteiger partial charge in [-0.15, -0.1) is 0 Å². The summed E-state index contributed by atoms with van der Waals surface area (Å²) in [5.41, 5.74) is 2.49. The van der Waals surface area contributed by atoms with Crippen molar-refractivity contribution < 1.29 is 9.84 Å². The quantitative estimate of drug-likeness (QED) is 0.853. The topological polar surface area (TPSA) is 32.7 Å².